The number of ether oxygens (including phenoxy) is 2. The van der Waals surface area contributed by atoms with E-state index in [-0.39, 0.29) is 10.6 Å². The van der Waals surface area contributed by atoms with Gasteiger partial charge >= 0.3 is 5.97 Å². The SMILES string of the molecule is COc1ccc(NC(=O)COC(=O)c2ccc(Cl)c(Cl)c2)cc1Cl. The minimum absolute atomic E-state index is 0.199. The molecule has 2 aromatic rings. The molecule has 0 unspecified atom stereocenters. The van der Waals surface area contributed by atoms with Crippen LogP contribution in [0.4, 0.5) is 5.69 Å². The van der Waals surface area contributed by atoms with Crippen LogP contribution >= 0.6 is 34.8 Å². The predicted octanol–water partition coefficient (Wildman–Crippen LogP) is 4.45. The molecule has 0 spiro atoms. The fourth-order valence-corrected chi connectivity index (χ4v) is 2.33. The summed E-state index contributed by atoms with van der Waals surface area (Å²) in [7, 11) is 1.49. The van der Waals surface area contributed by atoms with E-state index in [1.807, 2.05) is 0 Å². The first kappa shape index (κ1) is 18.4. The number of hydrogen-bond donors (Lipinski definition) is 1. The van der Waals surface area contributed by atoms with Crippen LogP contribution in [0.3, 0.4) is 0 Å². The first-order chi connectivity index (χ1) is 11.4. The van der Waals surface area contributed by atoms with E-state index >= 15 is 0 Å². The quantitative estimate of drug-likeness (QED) is 0.769. The molecule has 0 bridgehead atoms. The van der Waals surface area contributed by atoms with Gasteiger partial charge in [-0.3, -0.25) is 4.79 Å². The van der Waals surface area contributed by atoms with Crippen LogP contribution in [0.2, 0.25) is 15.1 Å². The van der Waals surface area contributed by atoms with Gasteiger partial charge in [0, 0.05) is 5.69 Å². The molecule has 0 saturated carbocycles. The molecule has 0 atom stereocenters. The molecule has 0 aromatic heterocycles. The second kappa shape index (κ2) is 8.24. The molecule has 8 heteroatoms. The van der Waals surface area contributed by atoms with Crippen LogP contribution in [-0.2, 0) is 9.53 Å². The van der Waals surface area contributed by atoms with Gasteiger partial charge in [-0.15, -0.1) is 0 Å². The van der Waals surface area contributed by atoms with Gasteiger partial charge in [0.05, 0.1) is 27.7 Å². The molecule has 126 valence electrons. The minimum Gasteiger partial charge on any atom is -0.495 e. The number of methoxy groups -OCH3 is 1. The third-order valence-electron chi connectivity index (χ3n) is 2.93. The molecule has 0 heterocycles. The van der Waals surface area contributed by atoms with Gasteiger partial charge in [0.1, 0.15) is 5.75 Å². The summed E-state index contributed by atoms with van der Waals surface area (Å²) in [4.78, 5) is 23.7. The number of carbonyl (C=O) groups is 2. The van der Waals surface area contributed by atoms with Crippen molar-refractivity contribution in [2.24, 2.45) is 0 Å². The Morgan fingerprint density at radius 3 is 2.38 bits per heavy atom. The van der Waals surface area contributed by atoms with Gasteiger partial charge in [-0.1, -0.05) is 34.8 Å². The molecule has 1 amide bonds. The highest BCUT2D eigenvalue weighted by molar-refractivity contribution is 6.42. The van der Waals surface area contributed by atoms with Crippen molar-refractivity contribution in [3.05, 3.63) is 57.0 Å². The van der Waals surface area contributed by atoms with Crippen LogP contribution in [0.25, 0.3) is 0 Å². The van der Waals surface area contributed by atoms with Gasteiger partial charge in [-0.25, -0.2) is 4.79 Å². The largest absolute Gasteiger partial charge is 0.495 e. The number of amides is 1. The Bertz CT molecular complexity index is 780. The Morgan fingerprint density at radius 2 is 1.75 bits per heavy atom. The summed E-state index contributed by atoms with van der Waals surface area (Å²) in [6.45, 7) is -0.456. The number of rotatable bonds is 5. The van der Waals surface area contributed by atoms with Gasteiger partial charge < -0.3 is 14.8 Å². The summed E-state index contributed by atoms with van der Waals surface area (Å²) in [6.07, 6.45) is 0. The average Bonchev–Trinajstić information content (AvgIpc) is 2.55. The van der Waals surface area contributed by atoms with Gasteiger partial charge in [0.25, 0.3) is 5.91 Å². The number of anilines is 1. The Hall–Kier alpha value is -1.95. The molecule has 24 heavy (non-hydrogen) atoms. The third kappa shape index (κ3) is 4.77. The van der Waals surface area contributed by atoms with E-state index in [0.717, 1.165) is 0 Å². The maximum atomic E-state index is 11.9. The van der Waals surface area contributed by atoms with Crippen LogP contribution in [0.5, 0.6) is 5.75 Å². The summed E-state index contributed by atoms with van der Waals surface area (Å²) in [5.41, 5.74) is 0.654. The lowest BCUT2D eigenvalue weighted by atomic mass is 10.2. The number of esters is 1. The van der Waals surface area contributed by atoms with Gasteiger partial charge in [0.2, 0.25) is 0 Å². The van der Waals surface area contributed by atoms with E-state index in [0.29, 0.717) is 21.5 Å². The van der Waals surface area contributed by atoms with Gasteiger partial charge in [-0.2, -0.15) is 0 Å². The van der Waals surface area contributed by atoms with Crippen molar-refractivity contribution in [1.82, 2.24) is 0 Å². The smallest absolute Gasteiger partial charge is 0.338 e. The molecule has 0 aliphatic heterocycles. The van der Waals surface area contributed by atoms with Crippen molar-refractivity contribution in [1.29, 1.82) is 0 Å². The summed E-state index contributed by atoms with van der Waals surface area (Å²) in [6, 6.07) is 9.05. The summed E-state index contributed by atoms with van der Waals surface area (Å²) >= 11 is 17.6. The van der Waals surface area contributed by atoms with Crippen molar-refractivity contribution in [2.45, 2.75) is 0 Å². The summed E-state index contributed by atoms with van der Waals surface area (Å²) in [5.74, 6) is -0.707. The van der Waals surface area contributed by atoms with Crippen LogP contribution in [0, 0.1) is 0 Å². The summed E-state index contributed by atoms with van der Waals surface area (Å²) < 4.78 is 9.94. The zero-order valence-electron chi connectivity index (χ0n) is 12.4. The van der Waals surface area contributed by atoms with Gasteiger partial charge in [0.15, 0.2) is 6.61 Å². The second-order valence-corrected chi connectivity index (χ2v) is 5.82. The number of benzene rings is 2. The molecular weight excluding hydrogens is 377 g/mol. The third-order valence-corrected chi connectivity index (χ3v) is 3.96. The zero-order valence-corrected chi connectivity index (χ0v) is 14.7. The first-order valence-electron chi connectivity index (χ1n) is 6.66. The van der Waals surface area contributed by atoms with E-state index in [1.54, 1.807) is 12.1 Å². The van der Waals surface area contributed by atoms with E-state index < -0.39 is 18.5 Å². The number of nitrogens with one attached hydrogen (secondary N) is 1. The molecule has 0 saturated heterocycles. The number of halogens is 3. The fraction of sp³-hybridized carbons (Fsp3) is 0.125. The molecule has 0 aliphatic rings. The first-order valence-corrected chi connectivity index (χ1v) is 7.79. The number of hydrogen-bond acceptors (Lipinski definition) is 4. The van der Waals surface area contributed by atoms with Crippen molar-refractivity contribution in [2.75, 3.05) is 19.0 Å². The lowest BCUT2D eigenvalue weighted by Crippen LogP contribution is -2.20. The molecule has 5 nitrogen and oxygen atoms in total. The van der Waals surface area contributed by atoms with E-state index in [9.17, 15) is 9.59 Å². The lowest BCUT2D eigenvalue weighted by molar-refractivity contribution is -0.119. The molecule has 1 N–H and O–H groups in total. The topological polar surface area (TPSA) is 64.6 Å². The maximum absolute atomic E-state index is 11.9. The van der Waals surface area contributed by atoms with Crippen molar-refractivity contribution >= 4 is 52.4 Å². The van der Waals surface area contributed by atoms with Crippen molar-refractivity contribution < 1.29 is 19.1 Å². The highest BCUT2D eigenvalue weighted by atomic mass is 35.5. The lowest BCUT2D eigenvalue weighted by Gasteiger charge is -2.09. The molecule has 2 aromatic carbocycles. The van der Waals surface area contributed by atoms with E-state index in [1.165, 1.54) is 31.4 Å². The van der Waals surface area contributed by atoms with E-state index in [4.69, 9.17) is 44.3 Å². The molecular formula is C16H12Cl3NO4. The van der Waals surface area contributed by atoms with Gasteiger partial charge in [-0.05, 0) is 36.4 Å². The van der Waals surface area contributed by atoms with Crippen LogP contribution in [0.15, 0.2) is 36.4 Å². The minimum atomic E-state index is -0.684. The van der Waals surface area contributed by atoms with Crippen LogP contribution in [-0.4, -0.2) is 25.6 Å². The number of carbonyl (C=O) groups excluding carboxylic acids is 2. The Kier molecular flexibility index (Phi) is 6.31. The van der Waals surface area contributed by atoms with Crippen molar-refractivity contribution in [3.63, 3.8) is 0 Å². The Morgan fingerprint density at radius 1 is 1.00 bits per heavy atom. The fourth-order valence-electron chi connectivity index (χ4n) is 1.78. The monoisotopic (exact) mass is 387 g/mol. The highest BCUT2D eigenvalue weighted by Crippen LogP contribution is 2.27. The summed E-state index contributed by atoms with van der Waals surface area (Å²) in [5, 5.41) is 3.46. The Balaban J connectivity index is 1.91. The maximum Gasteiger partial charge on any atom is 0.338 e. The predicted molar refractivity (Wildman–Crippen MR) is 93.4 cm³/mol. The molecule has 2 rings (SSSR count). The van der Waals surface area contributed by atoms with Crippen LogP contribution < -0.4 is 10.1 Å². The van der Waals surface area contributed by atoms with Crippen LogP contribution in [0.1, 0.15) is 10.4 Å². The standard InChI is InChI=1S/C16H12Cl3NO4/c1-23-14-5-3-10(7-13(14)19)20-15(21)8-24-16(22)9-2-4-11(17)12(18)6-9/h2-7H,8H2,1H3,(H,20,21). The normalized spacial score (nSPS) is 10.2. The molecule has 0 aliphatic carbocycles. The van der Waals surface area contributed by atoms with E-state index in [2.05, 4.69) is 5.32 Å². The Labute approximate surface area is 153 Å². The second-order valence-electron chi connectivity index (χ2n) is 4.60. The molecule has 0 radical (unpaired) electrons. The highest BCUT2D eigenvalue weighted by Gasteiger charge is 2.12. The average molecular weight is 389 g/mol. The van der Waals surface area contributed by atoms with Crippen molar-refractivity contribution in [3.8, 4) is 5.75 Å². The molecule has 0 fully saturated rings. The zero-order chi connectivity index (χ0) is 17.7.